The van der Waals surface area contributed by atoms with E-state index in [0.717, 1.165) is 16.7 Å². The van der Waals surface area contributed by atoms with Crippen LogP contribution in [0, 0.1) is 6.92 Å². The Bertz CT molecular complexity index is 719. The summed E-state index contributed by atoms with van der Waals surface area (Å²) in [4.78, 5) is 4.39. The van der Waals surface area contributed by atoms with E-state index in [1.165, 1.54) is 0 Å². The SMILES string of the molecule is Cc1cccc2nc(COc3cccc(N)c3)oc12. The minimum atomic E-state index is 0.289. The lowest BCUT2D eigenvalue weighted by atomic mass is 10.2. The van der Waals surface area contributed by atoms with Crippen molar-refractivity contribution in [2.75, 3.05) is 5.73 Å². The zero-order valence-corrected chi connectivity index (χ0v) is 10.6. The number of oxazole rings is 1. The molecular formula is C15H14N2O2. The van der Waals surface area contributed by atoms with E-state index in [0.29, 0.717) is 17.3 Å². The molecule has 4 nitrogen and oxygen atoms in total. The topological polar surface area (TPSA) is 61.3 Å². The van der Waals surface area contributed by atoms with Gasteiger partial charge in [-0.15, -0.1) is 0 Å². The maximum atomic E-state index is 5.69. The van der Waals surface area contributed by atoms with E-state index < -0.39 is 0 Å². The Hall–Kier alpha value is -2.49. The van der Waals surface area contributed by atoms with Gasteiger partial charge in [-0.1, -0.05) is 18.2 Å². The van der Waals surface area contributed by atoms with Crippen molar-refractivity contribution in [1.82, 2.24) is 4.98 Å². The van der Waals surface area contributed by atoms with Crippen LogP contribution in [0.1, 0.15) is 11.5 Å². The van der Waals surface area contributed by atoms with E-state index in [4.69, 9.17) is 14.9 Å². The molecule has 0 aliphatic heterocycles. The third-order valence-corrected chi connectivity index (χ3v) is 2.88. The molecule has 96 valence electrons. The second-order valence-corrected chi connectivity index (χ2v) is 4.39. The highest BCUT2D eigenvalue weighted by atomic mass is 16.5. The number of para-hydroxylation sites is 1. The molecule has 0 fully saturated rings. The molecule has 4 heteroatoms. The van der Waals surface area contributed by atoms with Crippen molar-refractivity contribution in [2.45, 2.75) is 13.5 Å². The van der Waals surface area contributed by atoms with Gasteiger partial charge in [0.25, 0.3) is 0 Å². The molecule has 0 amide bonds. The van der Waals surface area contributed by atoms with Crippen molar-refractivity contribution >= 4 is 16.8 Å². The van der Waals surface area contributed by atoms with Crippen molar-refractivity contribution in [1.29, 1.82) is 0 Å². The van der Waals surface area contributed by atoms with Gasteiger partial charge < -0.3 is 14.9 Å². The first-order valence-corrected chi connectivity index (χ1v) is 6.06. The van der Waals surface area contributed by atoms with Gasteiger partial charge in [0, 0.05) is 11.8 Å². The van der Waals surface area contributed by atoms with Crippen LogP contribution in [-0.2, 0) is 6.61 Å². The minimum Gasteiger partial charge on any atom is -0.484 e. The van der Waals surface area contributed by atoms with Crippen molar-refractivity contribution in [3.05, 3.63) is 53.9 Å². The number of aryl methyl sites for hydroxylation is 1. The molecule has 19 heavy (non-hydrogen) atoms. The lowest BCUT2D eigenvalue weighted by molar-refractivity contribution is 0.267. The first-order chi connectivity index (χ1) is 9.22. The molecule has 0 saturated heterocycles. The first kappa shape index (κ1) is 11.6. The highest BCUT2D eigenvalue weighted by molar-refractivity contribution is 5.75. The minimum absolute atomic E-state index is 0.289. The highest BCUT2D eigenvalue weighted by Crippen LogP contribution is 2.21. The molecule has 3 rings (SSSR count). The van der Waals surface area contributed by atoms with Crippen LogP contribution < -0.4 is 10.5 Å². The fourth-order valence-corrected chi connectivity index (χ4v) is 1.94. The van der Waals surface area contributed by atoms with Crippen LogP contribution in [0.15, 0.2) is 46.9 Å². The Labute approximate surface area is 110 Å². The zero-order valence-electron chi connectivity index (χ0n) is 10.6. The highest BCUT2D eigenvalue weighted by Gasteiger charge is 2.08. The van der Waals surface area contributed by atoms with Gasteiger partial charge in [-0.25, -0.2) is 4.98 Å². The van der Waals surface area contributed by atoms with Crippen LogP contribution in [-0.4, -0.2) is 4.98 Å². The molecule has 2 N–H and O–H groups in total. The molecule has 0 radical (unpaired) electrons. The standard InChI is InChI=1S/C15H14N2O2/c1-10-4-2-7-13-15(10)19-14(17-13)9-18-12-6-3-5-11(16)8-12/h2-8H,9,16H2,1H3. The second kappa shape index (κ2) is 4.65. The zero-order chi connectivity index (χ0) is 13.2. The molecule has 2 aromatic carbocycles. The number of nitrogens with two attached hydrogens (primary N) is 1. The van der Waals surface area contributed by atoms with Gasteiger partial charge in [0.2, 0.25) is 5.89 Å². The summed E-state index contributed by atoms with van der Waals surface area (Å²) in [6.07, 6.45) is 0. The summed E-state index contributed by atoms with van der Waals surface area (Å²) in [7, 11) is 0. The summed E-state index contributed by atoms with van der Waals surface area (Å²) >= 11 is 0. The van der Waals surface area contributed by atoms with Crippen LogP contribution in [0.5, 0.6) is 5.75 Å². The summed E-state index contributed by atoms with van der Waals surface area (Å²) in [5, 5.41) is 0. The molecule has 1 heterocycles. The van der Waals surface area contributed by atoms with E-state index in [9.17, 15) is 0 Å². The number of ether oxygens (including phenoxy) is 1. The summed E-state index contributed by atoms with van der Waals surface area (Å²) < 4.78 is 11.3. The fourth-order valence-electron chi connectivity index (χ4n) is 1.94. The van der Waals surface area contributed by atoms with Gasteiger partial charge in [-0.3, -0.25) is 0 Å². The van der Waals surface area contributed by atoms with E-state index in [1.807, 2.05) is 43.3 Å². The maximum Gasteiger partial charge on any atom is 0.233 e. The fraction of sp³-hybridized carbons (Fsp3) is 0.133. The van der Waals surface area contributed by atoms with E-state index in [2.05, 4.69) is 4.98 Å². The molecule has 0 spiro atoms. The molecule has 1 aromatic heterocycles. The summed E-state index contributed by atoms with van der Waals surface area (Å²) in [6, 6.07) is 13.2. The summed E-state index contributed by atoms with van der Waals surface area (Å²) in [5.74, 6) is 1.27. The summed E-state index contributed by atoms with van der Waals surface area (Å²) in [5.41, 5.74) is 9.10. The van der Waals surface area contributed by atoms with Crippen molar-refractivity contribution in [2.24, 2.45) is 0 Å². The predicted molar refractivity (Wildman–Crippen MR) is 73.9 cm³/mol. The Balaban J connectivity index is 1.80. The Kier molecular flexibility index (Phi) is 2.83. The van der Waals surface area contributed by atoms with E-state index in [-0.39, 0.29) is 6.61 Å². The maximum absolute atomic E-state index is 5.69. The third kappa shape index (κ3) is 2.38. The smallest absolute Gasteiger partial charge is 0.233 e. The molecule has 0 atom stereocenters. The normalized spacial score (nSPS) is 10.8. The van der Waals surface area contributed by atoms with Crippen molar-refractivity contribution in [3.63, 3.8) is 0 Å². The molecule has 0 bridgehead atoms. The van der Waals surface area contributed by atoms with Gasteiger partial charge >= 0.3 is 0 Å². The van der Waals surface area contributed by atoms with Gasteiger partial charge in [0.1, 0.15) is 11.3 Å². The van der Waals surface area contributed by atoms with Crippen LogP contribution in [0.25, 0.3) is 11.1 Å². The average molecular weight is 254 g/mol. The third-order valence-electron chi connectivity index (χ3n) is 2.88. The van der Waals surface area contributed by atoms with Crippen LogP contribution in [0.3, 0.4) is 0 Å². The quantitative estimate of drug-likeness (QED) is 0.728. The number of rotatable bonds is 3. The average Bonchev–Trinajstić information content (AvgIpc) is 2.81. The molecular weight excluding hydrogens is 240 g/mol. The second-order valence-electron chi connectivity index (χ2n) is 4.39. The van der Waals surface area contributed by atoms with Gasteiger partial charge in [-0.2, -0.15) is 0 Å². The summed E-state index contributed by atoms with van der Waals surface area (Å²) in [6.45, 7) is 2.29. The molecule has 0 unspecified atom stereocenters. The first-order valence-electron chi connectivity index (χ1n) is 6.06. The van der Waals surface area contributed by atoms with Gasteiger partial charge in [-0.05, 0) is 30.7 Å². The van der Waals surface area contributed by atoms with Crippen LogP contribution in [0.2, 0.25) is 0 Å². The van der Waals surface area contributed by atoms with Crippen molar-refractivity contribution in [3.8, 4) is 5.75 Å². The number of anilines is 1. The van der Waals surface area contributed by atoms with Gasteiger partial charge in [0.15, 0.2) is 12.2 Å². The lowest BCUT2D eigenvalue weighted by Crippen LogP contribution is -1.96. The van der Waals surface area contributed by atoms with Crippen molar-refractivity contribution < 1.29 is 9.15 Å². The lowest BCUT2D eigenvalue weighted by Gasteiger charge is -2.03. The molecule has 0 saturated carbocycles. The van der Waals surface area contributed by atoms with E-state index in [1.54, 1.807) is 6.07 Å². The van der Waals surface area contributed by atoms with E-state index >= 15 is 0 Å². The Morgan fingerprint density at radius 2 is 2.05 bits per heavy atom. The molecule has 0 aliphatic rings. The van der Waals surface area contributed by atoms with Crippen LogP contribution in [0.4, 0.5) is 5.69 Å². The Morgan fingerprint density at radius 3 is 2.84 bits per heavy atom. The number of hydrogen-bond donors (Lipinski definition) is 1. The number of benzene rings is 2. The number of fused-ring (bicyclic) bond motifs is 1. The van der Waals surface area contributed by atoms with Crippen LogP contribution >= 0.6 is 0 Å². The number of nitrogen functional groups attached to an aromatic ring is 1. The number of nitrogens with zero attached hydrogens (tertiary/aromatic N) is 1. The molecule has 3 aromatic rings. The monoisotopic (exact) mass is 254 g/mol. The Morgan fingerprint density at radius 1 is 1.21 bits per heavy atom. The molecule has 0 aliphatic carbocycles. The van der Waals surface area contributed by atoms with Gasteiger partial charge in [0.05, 0.1) is 0 Å². The largest absolute Gasteiger partial charge is 0.484 e. The predicted octanol–water partition coefficient (Wildman–Crippen LogP) is 3.30. The number of hydrogen-bond acceptors (Lipinski definition) is 4. The number of aromatic nitrogens is 1.